The molecule has 118 valence electrons. The zero-order chi connectivity index (χ0) is 16.8. The fraction of sp³-hybridized carbons (Fsp3) is 0. The molecule has 0 unspecified atom stereocenters. The first kappa shape index (κ1) is 15.9. The molecule has 0 aliphatic heterocycles. The summed E-state index contributed by atoms with van der Waals surface area (Å²) in [7, 11) is -5.36. The molecule has 22 heavy (non-hydrogen) atoms. The van der Waals surface area contributed by atoms with Crippen LogP contribution in [0.25, 0.3) is 0 Å². The van der Waals surface area contributed by atoms with E-state index >= 15 is 0 Å². The molecule has 0 atom stereocenters. The second kappa shape index (κ2) is 5.09. The van der Waals surface area contributed by atoms with Gasteiger partial charge in [0.15, 0.2) is 28.2 Å². The molecule has 0 radical (unpaired) electrons. The lowest BCUT2D eigenvalue weighted by Crippen LogP contribution is -2.22. The SMILES string of the molecule is O=C(O)c1cccn1S(=O)(=O)c1c(F)c(F)c(F)c(F)c1F. The Bertz CT molecular complexity index is 861. The van der Waals surface area contributed by atoms with Crippen molar-refractivity contribution >= 4 is 16.0 Å². The fourth-order valence-electron chi connectivity index (χ4n) is 1.65. The quantitative estimate of drug-likeness (QED) is 0.527. The number of benzene rings is 1. The van der Waals surface area contributed by atoms with E-state index in [2.05, 4.69) is 0 Å². The molecule has 2 aromatic rings. The van der Waals surface area contributed by atoms with Gasteiger partial charge in [-0.15, -0.1) is 0 Å². The second-order valence-electron chi connectivity index (χ2n) is 3.90. The van der Waals surface area contributed by atoms with Crippen LogP contribution in [0, 0.1) is 29.1 Å². The third kappa shape index (κ3) is 2.13. The lowest BCUT2D eigenvalue weighted by atomic mass is 10.3. The van der Waals surface area contributed by atoms with Gasteiger partial charge in [0.25, 0.3) is 10.0 Å². The molecule has 11 heteroatoms. The third-order valence-electron chi connectivity index (χ3n) is 2.62. The number of hydrogen-bond acceptors (Lipinski definition) is 3. The maximum atomic E-state index is 13.6. The normalized spacial score (nSPS) is 11.7. The molecular formula is C11H4F5NO4S. The topological polar surface area (TPSA) is 76.4 Å². The number of aromatic nitrogens is 1. The summed E-state index contributed by atoms with van der Waals surface area (Å²) in [6.45, 7) is 0. The summed E-state index contributed by atoms with van der Waals surface area (Å²) < 4.78 is 90.2. The van der Waals surface area contributed by atoms with Crippen molar-refractivity contribution in [3.63, 3.8) is 0 Å². The van der Waals surface area contributed by atoms with Gasteiger partial charge in [0.1, 0.15) is 5.69 Å². The Labute approximate surface area is 119 Å². The molecule has 1 aromatic carbocycles. The Kier molecular flexibility index (Phi) is 3.69. The molecule has 0 saturated carbocycles. The fourth-order valence-corrected chi connectivity index (χ4v) is 3.11. The number of rotatable bonds is 3. The molecule has 0 fully saturated rings. The number of hydrogen-bond donors (Lipinski definition) is 1. The molecule has 0 spiro atoms. The Morgan fingerprint density at radius 3 is 1.86 bits per heavy atom. The molecule has 1 heterocycles. The van der Waals surface area contributed by atoms with Gasteiger partial charge in [0, 0.05) is 6.20 Å². The molecule has 0 saturated heterocycles. The standard InChI is InChI=1S/C11H4F5NO4S/c12-5-6(13)8(15)10(9(16)7(5)14)22(20,21)17-3-1-2-4(17)11(18)19/h1-3H,(H,18,19). The van der Waals surface area contributed by atoms with E-state index in [1.165, 1.54) is 0 Å². The predicted octanol–water partition coefficient (Wildman–Crippen LogP) is 2.12. The van der Waals surface area contributed by atoms with E-state index in [1.807, 2.05) is 0 Å². The lowest BCUT2D eigenvalue weighted by molar-refractivity contribution is 0.0689. The largest absolute Gasteiger partial charge is 0.477 e. The number of carbonyl (C=O) groups is 1. The highest BCUT2D eigenvalue weighted by atomic mass is 32.2. The summed E-state index contributed by atoms with van der Waals surface area (Å²) in [6.07, 6.45) is 0.594. The first-order valence-corrected chi connectivity index (χ1v) is 6.72. The predicted molar refractivity (Wildman–Crippen MR) is 60.2 cm³/mol. The summed E-state index contributed by atoms with van der Waals surface area (Å²) in [5, 5.41) is 8.78. The summed E-state index contributed by atoms with van der Waals surface area (Å²) in [5.74, 6) is -14.4. The Hall–Kier alpha value is -2.43. The van der Waals surface area contributed by atoms with Gasteiger partial charge in [-0.2, -0.15) is 0 Å². The van der Waals surface area contributed by atoms with Crippen molar-refractivity contribution in [1.29, 1.82) is 0 Å². The van der Waals surface area contributed by atoms with Crippen molar-refractivity contribution in [2.24, 2.45) is 0 Å². The van der Waals surface area contributed by atoms with Crippen LogP contribution in [-0.4, -0.2) is 23.5 Å². The van der Waals surface area contributed by atoms with E-state index in [1.54, 1.807) is 0 Å². The van der Waals surface area contributed by atoms with Gasteiger partial charge >= 0.3 is 5.97 Å². The molecule has 0 bridgehead atoms. The number of carboxylic acid groups (broad SMARTS) is 1. The van der Waals surface area contributed by atoms with Gasteiger partial charge in [-0.1, -0.05) is 0 Å². The Balaban J connectivity index is 2.87. The van der Waals surface area contributed by atoms with E-state index < -0.39 is 55.7 Å². The van der Waals surface area contributed by atoms with E-state index in [4.69, 9.17) is 5.11 Å². The van der Waals surface area contributed by atoms with E-state index in [-0.39, 0.29) is 3.97 Å². The molecule has 0 aliphatic rings. The minimum atomic E-state index is -5.36. The monoisotopic (exact) mass is 341 g/mol. The van der Waals surface area contributed by atoms with Gasteiger partial charge in [0.05, 0.1) is 0 Å². The number of halogens is 5. The first-order valence-electron chi connectivity index (χ1n) is 5.28. The van der Waals surface area contributed by atoms with Crippen molar-refractivity contribution in [2.75, 3.05) is 0 Å². The van der Waals surface area contributed by atoms with Crippen LogP contribution in [-0.2, 0) is 10.0 Å². The van der Waals surface area contributed by atoms with Crippen LogP contribution in [0.15, 0.2) is 23.2 Å². The van der Waals surface area contributed by atoms with Crippen molar-refractivity contribution in [1.82, 2.24) is 3.97 Å². The molecular weight excluding hydrogens is 337 g/mol. The van der Waals surface area contributed by atoms with Crippen molar-refractivity contribution in [3.05, 3.63) is 53.1 Å². The molecule has 5 nitrogen and oxygen atoms in total. The van der Waals surface area contributed by atoms with Crippen LogP contribution in [0.1, 0.15) is 10.5 Å². The van der Waals surface area contributed by atoms with E-state index in [0.29, 0.717) is 6.20 Å². The highest BCUT2D eigenvalue weighted by Crippen LogP contribution is 2.28. The van der Waals surface area contributed by atoms with Crippen LogP contribution in [0.4, 0.5) is 22.0 Å². The second-order valence-corrected chi connectivity index (χ2v) is 5.65. The maximum absolute atomic E-state index is 13.6. The summed E-state index contributed by atoms with van der Waals surface area (Å²) >= 11 is 0. The average Bonchev–Trinajstić information content (AvgIpc) is 2.93. The first-order chi connectivity index (χ1) is 10.1. The smallest absolute Gasteiger partial charge is 0.353 e. The number of aromatic carboxylic acids is 1. The van der Waals surface area contributed by atoms with Crippen LogP contribution in [0.5, 0.6) is 0 Å². The summed E-state index contributed by atoms with van der Waals surface area (Å²) in [5.41, 5.74) is -0.941. The number of carboxylic acids is 1. The summed E-state index contributed by atoms with van der Waals surface area (Å²) in [4.78, 5) is 8.70. The third-order valence-corrected chi connectivity index (χ3v) is 4.33. The molecule has 1 aromatic heterocycles. The van der Waals surface area contributed by atoms with Crippen molar-refractivity contribution in [2.45, 2.75) is 4.90 Å². The minimum Gasteiger partial charge on any atom is -0.477 e. The van der Waals surface area contributed by atoms with Crippen LogP contribution in [0.3, 0.4) is 0 Å². The van der Waals surface area contributed by atoms with Crippen molar-refractivity contribution < 1.29 is 40.3 Å². The number of nitrogens with zero attached hydrogens (tertiary/aromatic N) is 1. The van der Waals surface area contributed by atoms with Crippen LogP contribution < -0.4 is 0 Å². The zero-order valence-corrected chi connectivity index (χ0v) is 11.0. The lowest BCUT2D eigenvalue weighted by Gasteiger charge is -2.11. The van der Waals surface area contributed by atoms with Gasteiger partial charge in [-0.3, -0.25) is 0 Å². The molecule has 1 N–H and O–H groups in total. The Morgan fingerprint density at radius 1 is 0.955 bits per heavy atom. The maximum Gasteiger partial charge on any atom is 0.353 e. The molecule has 0 amide bonds. The molecule has 2 rings (SSSR count). The highest BCUT2D eigenvalue weighted by molar-refractivity contribution is 7.90. The van der Waals surface area contributed by atoms with Gasteiger partial charge in [0.2, 0.25) is 5.82 Å². The Morgan fingerprint density at radius 2 is 1.41 bits per heavy atom. The average molecular weight is 341 g/mol. The minimum absolute atomic E-state index is 0.104. The van der Waals surface area contributed by atoms with Crippen LogP contribution in [0.2, 0.25) is 0 Å². The van der Waals surface area contributed by atoms with Gasteiger partial charge in [-0.25, -0.2) is 39.1 Å². The van der Waals surface area contributed by atoms with Crippen LogP contribution >= 0.6 is 0 Å². The van der Waals surface area contributed by atoms with Crippen molar-refractivity contribution in [3.8, 4) is 0 Å². The van der Waals surface area contributed by atoms with Gasteiger partial charge in [-0.05, 0) is 12.1 Å². The van der Waals surface area contributed by atoms with E-state index in [0.717, 1.165) is 12.1 Å². The summed E-state index contributed by atoms with van der Waals surface area (Å²) in [6, 6.07) is 1.68. The molecule has 0 aliphatic carbocycles. The van der Waals surface area contributed by atoms with Gasteiger partial charge < -0.3 is 5.11 Å². The zero-order valence-electron chi connectivity index (χ0n) is 10.1. The highest BCUT2D eigenvalue weighted by Gasteiger charge is 2.35. The van der Waals surface area contributed by atoms with E-state index in [9.17, 15) is 35.2 Å².